The number of alkyl halides is 1. The van der Waals surface area contributed by atoms with Crippen molar-refractivity contribution >= 4 is 33.8 Å². The van der Waals surface area contributed by atoms with Gasteiger partial charge in [-0.25, -0.2) is 0 Å². The fourth-order valence-electron chi connectivity index (χ4n) is 1.44. The van der Waals surface area contributed by atoms with E-state index in [2.05, 4.69) is 5.32 Å². The Morgan fingerprint density at radius 1 is 1.59 bits per heavy atom. The van der Waals surface area contributed by atoms with Crippen LogP contribution in [0.5, 0.6) is 0 Å². The number of thiophene rings is 1. The van der Waals surface area contributed by atoms with Gasteiger partial charge in [0.15, 0.2) is 0 Å². The van der Waals surface area contributed by atoms with Gasteiger partial charge in [-0.3, -0.25) is 14.9 Å². The van der Waals surface area contributed by atoms with Gasteiger partial charge in [0, 0.05) is 23.9 Å². The lowest BCUT2D eigenvalue weighted by molar-refractivity contribution is -0.380. The molecule has 1 amide bonds. The molecule has 1 aromatic heterocycles. The molecule has 0 bridgehead atoms. The first kappa shape index (κ1) is 12.3. The summed E-state index contributed by atoms with van der Waals surface area (Å²) in [5.74, 6) is 0.275. The summed E-state index contributed by atoms with van der Waals surface area (Å²) in [4.78, 5) is 22.0. The van der Waals surface area contributed by atoms with E-state index in [0.717, 1.165) is 24.2 Å². The van der Waals surface area contributed by atoms with Crippen LogP contribution in [-0.4, -0.2) is 23.3 Å². The van der Waals surface area contributed by atoms with Crippen LogP contribution in [0.4, 0.5) is 5.00 Å². The van der Waals surface area contributed by atoms with E-state index in [1.54, 1.807) is 0 Å². The highest BCUT2D eigenvalue weighted by Gasteiger charge is 2.41. The average molecular weight is 275 g/mol. The van der Waals surface area contributed by atoms with Crippen molar-refractivity contribution in [2.24, 2.45) is 5.41 Å². The summed E-state index contributed by atoms with van der Waals surface area (Å²) in [5, 5.41) is 13.2. The third-order valence-corrected chi connectivity index (χ3v) is 4.46. The quantitative estimate of drug-likeness (QED) is 0.509. The minimum Gasteiger partial charge on any atom is -0.351 e. The zero-order chi connectivity index (χ0) is 12.5. The highest BCUT2D eigenvalue weighted by Crippen LogP contribution is 2.45. The van der Waals surface area contributed by atoms with Crippen LogP contribution in [0.15, 0.2) is 12.1 Å². The van der Waals surface area contributed by atoms with Gasteiger partial charge in [0.1, 0.15) is 0 Å². The van der Waals surface area contributed by atoms with Gasteiger partial charge >= 0.3 is 5.00 Å². The predicted molar refractivity (Wildman–Crippen MR) is 65.7 cm³/mol. The lowest BCUT2D eigenvalue weighted by Gasteiger charge is -2.11. The number of nitrogens with one attached hydrogen (secondary N) is 1. The third kappa shape index (κ3) is 2.76. The Kier molecular flexibility index (Phi) is 3.35. The van der Waals surface area contributed by atoms with Crippen molar-refractivity contribution in [3.63, 3.8) is 0 Å². The van der Waals surface area contributed by atoms with Gasteiger partial charge in [-0.05, 0) is 18.9 Å². The van der Waals surface area contributed by atoms with E-state index in [0.29, 0.717) is 17.3 Å². The summed E-state index contributed by atoms with van der Waals surface area (Å²) in [6.07, 6.45) is 2.06. The molecule has 17 heavy (non-hydrogen) atoms. The fourth-order valence-corrected chi connectivity index (χ4v) is 2.54. The fraction of sp³-hybridized carbons (Fsp3) is 0.500. The van der Waals surface area contributed by atoms with E-state index < -0.39 is 4.92 Å². The molecule has 0 spiro atoms. The van der Waals surface area contributed by atoms with Gasteiger partial charge < -0.3 is 5.32 Å². The van der Waals surface area contributed by atoms with E-state index >= 15 is 0 Å². The predicted octanol–water partition coefficient (Wildman–Crippen LogP) is 2.41. The Hall–Kier alpha value is -1.14. The van der Waals surface area contributed by atoms with E-state index in [-0.39, 0.29) is 16.3 Å². The van der Waals surface area contributed by atoms with Gasteiger partial charge in [0.25, 0.3) is 5.91 Å². The van der Waals surface area contributed by atoms with Crippen molar-refractivity contribution < 1.29 is 9.72 Å². The molecule has 1 fully saturated rings. The minimum absolute atomic E-state index is 0.0198. The largest absolute Gasteiger partial charge is 0.351 e. The maximum absolute atomic E-state index is 11.7. The SMILES string of the molecule is O=C(NCC1(CCl)CC1)c1ccc([N+](=O)[O-])s1. The molecule has 1 aliphatic rings. The third-order valence-electron chi connectivity index (χ3n) is 2.86. The van der Waals surface area contributed by atoms with Crippen LogP contribution in [0.1, 0.15) is 22.5 Å². The van der Waals surface area contributed by atoms with E-state index in [1.807, 2.05) is 0 Å². The minimum atomic E-state index is -0.497. The summed E-state index contributed by atoms with van der Waals surface area (Å²) >= 11 is 6.68. The Labute approximate surface area is 107 Å². The Bertz CT molecular complexity index is 456. The van der Waals surface area contributed by atoms with Crippen molar-refractivity contribution in [2.75, 3.05) is 12.4 Å². The molecule has 0 aliphatic heterocycles. The zero-order valence-electron chi connectivity index (χ0n) is 8.94. The Morgan fingerprint density at radius 3 is 2.76 bits per heavy atom. The second-order valence-corrected chi connectivity index (χ2v) is 5.54. The molecule has 0 aromatic carbocycles. The standard InChI is InChI=1S/C10H11ClN2O3S/c11-5-10(3-4-10)6-12-9(14)7-1-2-8(17-7)13(15)16/h1-2H,3-6H2,(H,12,14). The number of carbonyl (C=O) groups excluding carboxylic acids is 1. The molecular weight excluding hydrogens is 264 g/mol. The highest BCUT2D eigenvalue weighted by atomic mass is 35.5. The van der Waals surface area contributed by atoms with Crippen LogP contribution in [0, 0.1) is 15.5 Å². The molecule has 1 saturated carbocycles. The molecule has 0 radical (unpaired) electrons. The van der Waals surface area contributed by atoms with Crippen LogP contribution < -0.4 is 5.32 Å². The van der Waals surface area contributed by atoms with Crippen molar-refractivity contribution in [2.45, 2.75) is 12.8 Å². The molecule has 0 saturated heterocycles. The van der Waals surface area contributed by atoms with Crippen LogP contribution in [-0.2, 0) is 0 Å². The highest BCUT2D eigenvalue weighted by molar-refractivity contribution is 7.17. The van der Waals surface area contributed by atoms with Gasteiger partial charge in [0.05, 0.1) is 9.80 Å². The average Bonchev–Trinajstić information content (AvgIpc) is 2.92. The summed E-state index contributed by atoms with van der Waals surface area (Å²) < 4.78 is 0. The molecule has 1 aromatic rings. The molecule has 0 unspecified atom stereocenters. The first-order valence-electron chi connectivity index (χ1n) is 5.15. The number of halogens is 1. The molecule has 0 atom stereocenters. The number of nitrogens with zero attached hydrogens (tertiary/aromatic N) is 1. The molecule has 5 nitrogen and oxygen atoms in total. The molecule has 2 rings (SSSR count). The molecule has 1 heterocycles. The summed E-state index contributed by atoms with van der Waals surface area (Å²) in [6, 6.07) is 2.81. The molecule has 92 valence electrons. The lowest BCUT2D eigenvalue weighted by Crippen LogP contribution is -2.30. The van der Waals surface area contributed by atoms with E-state index in [4.69, 9.17) is 11.6 Å². The molecular formula is C10H11ClN2O3S. The number of carbonyl (C=O) groups is 1. The van der Waals surface area contributed by atoms with E-state index in [9.17, 15) is 14.9 Å². The van der Waals surface area contributed by atoms with Gasteiger partial charge in [-0.15, -0.1) is 11.6 Å². The van der Waals surface area contributed by atoms with Gasteiger partial charge in [-0.1, -0.05) is 11.3 Å². The Morgan fingerprint density at radius 2 is 2.29 bits per heavy atom. The van der Waals surface area contributed by atoms with Crippen molar-refractivity contribution in [3.8, 4) is 0 Å². The van der Waals surface area contributed by atoms with Crippen LogP contribution in [0.2, 0.25) is 0 Å². The maximum atomic E-state index is 11.7. The lowest BCUT2D eigenvalue weighted by atomic mass is 10.1. The number of hydrogen-bond acceptors (Lipinski definition) is 4. The second kappa shape index (κ2) is 4.62. The first-order chi connectivity index (χ1) is 8.06. The Balaban J connectivity index is 1.93. The summed E-state index contributed by atoms with van der Waals surface area (Å²) in [6.45, 7) is 0.543. The monoisotopic (exact) mass is 274 g/mol. The van der Waals surface area contributed by atoms with Crippen LogP contribution in [0.25, 0.3) is 0 Å². The normalized spacial score (nSPS) is 16.5. The van der Waals surface area contributed by atoms with Gasteiger partial charge in [-0.2, -0.15) is 0 Å². The number of rotatable bonds is 5. The second-order valence-electron chi connectivity index (χ2n) is 4.21. The number of nitro groups is 1. The zero-order valence-corrected chi connectivity index (χ0v) is 10.5. The van der Waals surface area contributed by atoms with Gasteiger partial charge in [0.2, 0.25) is 0 Å². The van der Waals surface area contributed by atoms with Crippen molar-refractivity contribution in [1.82, 2.24) is 5.32 Å². The molecule has 1 N–H and O–H groups in total. The summed E-state index contributed by atoms with van der Waals surface area (Å²) in [7, 11) is 0. The number of amides is 1. The van der Waals surface area contributed by atoms with Crippen molar-refractivity contribution in [3.05, 3.63) is 27.1 Å². The maximum Gasteiger partial charge on any atom is 0.324 e. The van der Waals surface area contributed by atoms with Crippen LogP contribution in [0.3, 0.4) is 0 Å². The smallest absolute Gasteiger partial charge is 0.324 e. The topological polar surface area (TPSA) is 72.2 Å². The van der Waals surface area contributed by atoms with Crippen molar-refractivity contribution in [1.29, 1.82) is 0 Å². The number of hydrogen-bond donors (Lipinski definition) is 1. The molecule has 7 heteroatoms. The molecule has 1 aliphatic carbocycles. The first-order valence-corrected chi connectivity index (χ1v) is 6.50. The van der Waals surface area contributed by atoms with Crippen LogP contribution >= 0.6 is 22.9 Å². The summed E-state index contributed by atoms with van der Waals surface area (Å²) in [5.41, 5.74) is 0.0560. The van der Waals surface area contributed by atoms with E-state index in [1.165, 1.54) is 12.1 Å².